The van der Waals surface area contributed by atoms with E-state index in [1.807, 2.05) is 18.2 Å². The molecule has 3 aromatic carbocycles. The molecule has 0 fully saturated rings. The number of carbonyl (C=O) groups excluding carboxylic acids is 2. The van der Waals surface area contributed by atoms with E-state index in [-0.39, 0.29) is 34.8 Å². The average Bonchev–Trinajstić information content (AvgIpc) is 2.90. The number of hydrogen-bond acceptors (Lipinski definition) is 6. The van der Waals surface area contributed by atoms with Crippen molar-refractivity contribution in [3.63, 3.8) is 0 Å². The van der Waals surface area contributed by atoms with Gasteiger partial charge in [0.05, 0.1) is 15.5 Å². The quantitative estimate of drug-likeness (QED) is 0.292. The molecule has 0 bridgehead atoms. The maximum atomic E-state index is 13.7. The number of sulfonamides is 1. The van der Waals surface area contributed by atoms with Crippen LogP contribution in [0.3, 0.4) is 0 Å². The number of anilines is 1. The molecule has 3 rings (SSSR count). The molecule has 38 heavy (non-hydrogen) atoms. The first-order valence-corrected chi connectivity index (χ1v) is 13.4. The lowest BCUT2D eigenvalue weighted by Gasteiger charge is -2.32. The second kappa shape index (κ2) is 12.3. The van der Waals surface area contributed by atoms with Gasteiger partial charge >= 0.3 is 0 Å². The van der Waals surface area contributed by atoms with Crippen molar-refractivity contribution in [2.24, 2.45) is 0 Å². The number of hydrogen-bond donors (Lipinski definition) is 1. The summed E-state index contributed by atoms with van der Waals surface area (Å²) < 4.78 is 28.2. The second-order valence-electron chi connectivity index (χ2n) is 8.94. The van der Waals surface area contributed by atoms with E-state index in [0.717, 1.165) is 9.87 Å². The zero-order valence-corrected chi connectivity index (χ0v) is 22.2. The standard InChI is InChI=1S/C27H30N4O6S/c1-20(2)28-27(33)21(3)29(18-22-10-6-4-7-11-22)26(32)19-30(23-14-16-24(17-15-23)31(34)35)38(36,37)25-12-8-5-9-13-25/h4-17,20-21H,18-19H2,1-3H3,(H,28,33)/t21-/m0/s1. The Labute approximate surface area is 222 Å². The maximum absolute atomic E-state index is 13.7. The average molecular weight is 539 g/mol. The highest BCUT2D eigenvalue weighted by atomic mass is 32.2. The molecule has 0 heterocycles. The molecule has 0 unspecified atom stereocenters. The summed E-state index contributed by atoms with van der Waals surface area (Å²) >= 11 is 0. The fourth-order valence-corrected chi connectivity index (χ4v) is 5.19. The van der Waals surface area contributed by atoms with E-state index >= 15 is 0 Å². The normalized spacial score (nSPS) is 12.0. The van der Waals surface area contributed by atoms with Crippen LogP contribution in [0.4, 0.5) is 11.4 Å². The number of nitro benzene ring substituents is 1. The third kappa shape index (κ3) is 6.94. The van der Waals surface area contributed by atoms with Gasteiger partial charge in [0.2, 0.25) is 11.8 Å². The van der Waals surface area contributed by atoms with E-state index in [9.17, 15) is 28.1 Å². The zero-order chi connectivity index (χ0) is 27.9. The fourth-order valence-electron chi connectivity index (χ4n) is 3.76. The van der Waals surface area contributed by atoms with Gasteiger partial charge in [0.1, 0.15) is 12.6 Å². The van der Waals surface area contributed by atoms with Crippen molar-refractivity contribution in [2.45, 2.75) is 44.3 Å². The third-order valence-corrected chi connectivity index (χ3v) is 7.54. The molecule has 11 heteroatoms. The minimum Gasteiger partial charge on any atom is -0.352 e. The highest BCUT2D eigenvalue weighted by molar-refractivity contribution is 7.92. The molecule has 2 amide bonds. The summed E-state index contributed by atoms with van der Waals surface area (Å²) in [6, 6.07) is 20.5. The lowest BCUT2D eigenvalue weighted by atomic mass is 10.1. The van der Waals surface area contributed by atoms with Crippen LogP contribution in [0, 0.1) is 10.1 Å². The first-order valence-electron chi connectivity index (χ1n) is 12.0. The summed E-state index contributed by atoms with van der Waals surface area (Å²) in [7, 11) is -4.24. The van der Waals surface area contributed by atoms with Crippen LogP contribution in [0.2, 0.25) is 0 Å². The SMILES string of the molecule is CC(C)NC(=O)[C@H](C)N(Cc1ccccc1)C(=O)CN(c1ccc([N+](=O)[O-])cc1)S(=O)(=O)c1ccccc1. The zero-order valence-electron chi connectivity index (χ0n) is 21.4. The Morgan fingerprint density at radius 2 is 1.45 bits per heavy atom. The summed E-state index contributed by atoms with van der Waals surface area (Å²) in [4.78, 5) is 38.4. The van der Waals surface area contributed by atoms with Crippen LogP contribution in [0.1, 0.15) is 26.3 Å². The van der Waals surface area contributed by atoms with Gasteiger partial charge in [-0.3, -0.25) is 24.0 Å². The Morgan fingerprint density at radius 1 is 0.895 bits per heavy atom. The number of nitrogens with one attached hydrogen (secondary N) is 1. The molecular formula is C27H30N4O6S. The highest BCUT2D eigenvalue weighted by Crippen LogP contribution is 2.26. The molecule has 10 nitrogen and oxygen atoms in total. The molecule has 0 saturated heterocycles. The fraction of sp³-hybridized carbons (Fsp3) is 0.259. The van der Waals surface area contributed by atoms with Gasteiger partial charge in [-0.1, -0.05) is 48.5 Å². The second-order valence-corrected chi connectivity index (χ2v) is 10.8. The molecule has 1 atom stereocenters. The van der Waals surface area contributed by atoms with Gasteiger partial charge in [-0.25, -0.2) is 8.42 Å². The minimum atomic E-state index is -4.24. The van der Waals surface area contributed by atoms with Gasteiger partial charge in [-0.2, -0.15) is 0 Å². The van der Waals surface area contributed by atoms with E-state index in [0.29, 0.717) is 0 Å². The van der Waals surface area contributed by atoms with Crippen LogP contribution in [-0.2, 0) is 26.2 Å². The van der Waals surface area contributed by atoms with Gasteiger partial charge in [0, 0.05) is 24.7 Å². The summed E-state index contributed by atoms with van der Waals surface area (Å²) in [5, 5.41) is 13.9. The van der Waals surface area contributed by atoms with Gasteiger partial charge in [-0.15, -0.1) is 0 Å². The van der Waals surface area contributed by atoms with Crippen LogP contribution in [-0.4, -0.2) is 48.7 Å². The molecule has 0 radical (unpaired) electrons. The number of benzene rings is 3. The minimum absolute atomic E-state index is 0.0497. The van der Waals surface area contributed by atoms with Gasteiger partial charge in [0.25, 0.3) is 15.7 Å². The van der Waals surface area contributed by atoms with Gasteiger partial charge in [0.15, 0.2) is 0 Å². The maximum Gasteiger partial charge on any atom is 0.269 e. The van der Waals surface area contributed by atoms with Crippen LogP contribution in [0.25, 0.3) is 0 Å². The van der Waals surface area contributed by atoms with Crippen molar-refractivity contribution >= 4 is 33.2 Å². The van der Waals surface area contributed by atoms with Crippen molar-refractivity contribution in [1.29, 1.82) is 0 Å². The Hall–Kier alpha value is -4.25. The first kappa shape index (κ1) is 28.3. The molecule has 0 saturated carbocycles. The molecule has 0 aliphatic heterocycles. The molecule has 200 valence electrons. The first-order chi connectivity index (χ1) is 18.0. The van der Waals surface area contributed by atoms with Gasteiger partial charge in [-0.05, 0) is 50.6 Å². The topological polar surface area (TPSA) is 130 Å². The summed E-state index contributed by atoms with van der Waals surface area (Å²) in [6.07, 6.45) is 0. The molecule has 3 aromatic rings. The van der Waals surface area contributed by atoms with Gasteiger partial charge < -0.3 is 10.2 Å². The molecule has 0 aromatic heterocycles. The Kier molecular flexibility index (Phi) is 9.19. The Balaban J connectivity index is 2.02. The lowest BCUT2D eigenvalue weighted by molar-refractivity contribution is -0.384. The third-order valence-electron chi connectivity index (χ3n) is 5.75. The lowest BCUT2D eigenvalue weighted by Crippen LogP contribution is -2.52. The number of amides is 2. The van der Waals surface area contributed by atoms with E-state index in [1.165, 1.54) is 41.3 Å². The van der Waals surface area contributed by atoms with E-state index in [4.69, 9.17) is 0 Å². The van der Waals surface area contributed by atoms with Crippen molar-refractivity contribution in [1.82, 2.24) is 10.2 Å². The summed E-state index contributed by atoms with van der Waals surface area (Å²) in [5.41, 5.74) is 0.617. The number of carbonyl (C=O) groups is 2. The Bertz CT molecular complexity index is 1360. The van der Waals surface area contributed by atoms with Crippen molar-refractivity contribution in [2.75, 3.05) is 10.8 Å². The number of nitrogens with zero attached hydrogens (tertiary/aromatic N) is 3. The predicted octanol–water partition coefficient (Wildman–Crippen LogP) is 3.73. The van der Waals surface area contributed by atoms with E-state index < -0.39 is 33.4 Å². The molecule has 0 aliphatic rings. The van der Waals surface area contributed by atoms with Crippen LogP contribution >= 0.6 is 0 Å². The number of nitro groups is 1. The van der Waals surface area contributed by atoms with Crippen molar-refractivity contribution in [3.05, 3.63) is 101 Å². The van der Waals surface area contributed by atoms with Crippen molar-refractivity contribution in [3.8, 4) is 0 Å². The smallest absolute Gasteiger partial charge is 0.269 e. The molecule has 0 aliphatic carbocycles. The highest BCUT2D eigenvalue weighted by Gasteiger charge is 2.32. The molecular weight excluding hydrogens is 508 g/mol. The van der Waals surface area contributed by atoms with Crippen molar-refractivity contribution < 1.29 is 22.9 Å². The number of rotatable bonds is 11. The van der Waals surface area contributed by atoms with Crippen LogP contribution < -0.4 is 9.62 Å². The van der Waals surface area contributed by atoms with Crippen LogP contribution in [0.5, 0.6) is 0 Å². The number of non-ortho nitro benzene ring substituents is 1. The molecule has 0 spiro atoms. The summed E-state index contributed by atoms with van der Waals surface area (Å²) in [5.74, 6) is -0.991. The largest absolute Gasteiger partial charge is 0.352 e. The monoisotopic (exact) mass is 538 g/mol. The molecule has 1 N–H and O–H groups in total. The van der Waals surface area contributed by atoms with E-state index in [1.54, 1.807) is 51.1 Å². The van der Waals surface area contributed by atoms with E-state index in [2.05, 4.69) is 5.32 Å². The van der Waals surface area contributed by atoms with Crippen LogP contribution in [0.15, 0.2) is 89.8 Å². The summed E-state index contributed by atoms with van der Waals surface area (Å²) in [6.45, 7) is 4.64. The predicted molar refractivity (Wildman–Crippen MR) is 144 cm³/mol. The Morgan fingerprint density at radius 3 is 1.97 bits per heavy atom.